The van der Waals surface area contributed by atoms with Crippen molar-refractivity contribution in [3.63, 3.8) is 0 Å². The van der Waals surface area contributed by atoms with Gasteiger partial charge in [0.15, 0.2) is 6.61 Å². The van der Waals surface area contributed by atoms with Crippen LogP contribution in [0.4, 0.5) is 11.4 Å². The Bertz CT molecular complexity index is 1760. The van der Waals surface area contributed by atoms with Gasteiger partial charge in [0.05, 0.1) is 29.4 Å². The quantitative estimate of drug-likeness (QED) is 0.265. The van der Waals surface area contributed by atoms with Crippen LogP contribution < -0.4 is 4.74 Å². The second-order valence-electron chi connectivity index (χ2n) is 10.3. The summed E-state index contributed by atoms with van der Waals surface area (Å²) in [5.41, 5.74) is 6.10. The van der Waals surface area contributed by atoms with Gasteiger partial charge in [-0.3, -0.25) is 19.6 Å². The molecule has 44 heavy (non-hydrogen) atoms. The molecule has 2 aliphatic heterocycles. The van der Waals surface area contributed by atoms with Gasteiger partial charge < -0.3 is 14.6 Å². The third-order valence-corrected chi connectivity index (χ3v) is 7.06. The van der Waals surface area contributed by atoms with E-state index in [0.717, 1.165) is 28.1 Å². The average molecular weight is 589 g/mol. The maximum atomic E-state index is 12.3. The molecule has 0 saturated heterocycles. The van der Waals surface area contributed by atoms with E-state index in [-0.39, 0.29) is 36.8 Å². The highest BCUT2D eigenvalue weighted by atomic mass is 16.6. The number of benzene rings is 4. The fourth-order valence-corrected chi connectivity index (χ4v) is 5.03. The van der Waals surface area contributed by atoms with Crippen LogP contribution in [0.25, 0.3) is 0 Å². The first-order chi connectivity index (χ1) is 21.4. The molecule has 0 aliphatic carbocycles. The van der Waals surface area contributed by atoms with E-state index in [1.165, 1.54) is 0 Å². The first-order valence-corrected chi connectivity index (χ1v) is 14.4. The molecule has 0 radical (unpaired) electrons. The number of hydrogen-bond acceptors (Lipinski definition) is 8. The molecular weight excluding hydrogens is 556 g/mol. The van der Waals surface area contributed by atoms with E-state index < -0.39 is 5.97 Å². The Morgan fingerprint density at radius 1 is 0.682 bits per heavy atom. The van der Waals surface area contributed by atoms with Crippen LogP contribution in [-0.2, 0) is 32.0 Å². The van der Waals surface area contributed by atoms with E-state index in [2.05, 4.69) is 9.98 Å². The summed E-state index contributed by atoms with van der Waals surface area (Å²) in [6.45, 7) is 1.87. The molecule has 0 saturated carbocycles. The summed E-state index contributed by atoms with van der Waals surface area (Å²) in [4.78, 5) is 45.1. The second-order valence-corrected chi connectivity index (χ2v) is 10.3. The van der Waals surface area contributed by atoms with Crippen LogP contribution in [0.15, 0.2) is 107 Å². The SMILES string of the molecule is CCOC(=O)COc1ccccc1C1=Nc2ccccc2CC(=O)C1.O=C1CC(c2ccccc2O)=Nc2ccccc2C1. The first kappa shape index (κ1) is 30.1. The van der Waals surface area contributed by atoms with Crippen LogP contribution in [0, 0.1) is 0 Å². The highest BCUT2D eigenvalue weighted by Gasteiger charge is 2.21. The largest absolute Gasteiger partial charge is 0.507 e. The molecule has 8 heteroatoms. The number of para-hydroxylation sites is 4. The average Bonchev–Trinajstić information content (AvgIpc) is 3.30. The van der Waals surface area contributed by atoms with Crippen molar-refractivity contribution in [2.45, 2.75) is 32.6 Å². The number of ketones is 2. The van der Waals surface area contributed by atoms with E-state index in [1.54, 1.807) is 31.2 Å². The number of phenols is 1. The van der Waals surface area contributed by atoms with Crippen LogP contribution in [0.3, 0.4) is 0 Å². The van der Waals surface area contributed by atoms with Gasteiger partial charge in [-0.25, -0.2) is 4.79 Å². The Morgan fingerprint density at radius 3 is 1.77 bits per heavy atom. The maximum Gasteiger partial charge on any atom is 0.344 e. The predicted molar refractivity (Wildman–Crippen MR) is 169 cm³/mol. The Labute approximate surface area is 255 Å². The Morgan fingerprint density at radius 2 is 1.18 bits per heavy atom. The Kier molecular flexibility index (Phi) is 9.71. The second kappa shape index (κ2) is 14.2. The Hall–Kier alpha value is -5.37. The van der Waals surface area contributed by atoms with Crippen molar-refractivity contribution >= 4 is 40.3 Å². The summed E-state index contributed by atoms with van der Waals surface area (Å²) in [7, 11) is 0. The van der Waals surface area contributed by atoms with Gasteiger partial charge in [-0.2, -0.15) is 0 Å². The van der Waals surface area contributed by atoms with Crippen LogP contribution >= 0.6 is 0 Å². The molecule has 0 aromatic heterocycles. The Balaban J connectivity index is 0.000000181. The number of Topliss-reactive ketones (excluding diaryl/α,β-unsaturated/α-hetero) is 2. The minimum absolute atomic E-state index is 0.101. The predicted octanol–water partition coefficient (Wildman–Crippen LogP) is 6.29. The minimum atomic E-state index is -0.429. The molecule has 2 heterocycles. The molecule has 0 bridgehead atoms. The van der Waals surface area contributed by atoms with Gasteiger partial charge in [0.25, 0.3) is 0 Å². The normalized spacial score (nSPS) is 13.9. The van der Waals surface area contributed by atoms with Crippen LogP contribution in [0.5, 0.6) is 11.5 Å². The number of esters is 1. The van der Waals surface area contributed by atoms with Crippen LogP contribution in [0.2, 0.25) is 0 Å². The molecular formula is C36H32N2O6. The van der Waals surface area contributed by atoms with E-state index in [9.17, 15) is 19.5 Å². The summed E-state index contributed by atoms with van der Waals surface area (Å²) in [6, 6.07) is 29.5. The van der Waals surface area contributed by atoms with Crippen molar-refractivity contribution in [1.29, 1.82) is 0 Å². The molecule has 2 aliphatic rings. The van der Waals surface area contributed by atoms with E-state index >= 15 is 0 Å². The van der Waals surface area contributed by atoms with Gasteiger partial charge >= 0.3 is 5.97 Å². The first-order valence-electron chi connectivity index (χ1n) is 14.4. The molecule has 0 unspecified atom stereocenters. The van der Waals surface area contributed by atoms with E-state index in [0.29, 0.717) is 42.2 Å². The van der Waals surface area contributed by atoms with Gasteiger partial charge in [-0.05, 0) is 54.4 Å². The maximum absolute atomic E-state index is 12.3. The number of aromatic hydroxyl groups is 1. The van der Waals surface area contributed by atoms with Crippen molar-refractivity contribution in [1.82, 2.24) is 0 Å². The molecule has 0 spiro atoms. The standard InChI is InChI=1S/C20H19NO4.C16H13NO2/c1-2-24-20(23)13-25-19-10-6-4-8-16(19)18-12-15(22)11-14-7-3-5-9-17(14)21-18;18-12-9-11-5-1-3-7-14(11)17-15(10-12)13-6-2-4-8-16(13)19/h3-10H,2,11-13H2,1H3;1-8,19H,9-10H2. The fourth-order valence-electron chi connectivity index (χ4n) is 5.03. The summed E-state index contributed by atoms with van der Waals surface area (Å²) < 4.78 is 10.5. The number of carbonyl (C=O) groups excluding carboxylic acids is 3. The number of rotatable bonds is 6. The summed E-state index contributed by atoms with van der Waals surface area (Å²) in [5, 5.41) is 9.90. The molecule has 1 N–H and O–H groups in total. The topological polar surface area (TPSA) is 115 Å². The van der Waals surface area contributed by atoms with Crippen LogP contribution in [0.1, 0.15) is 42.0 Å². The summed E-state index contributed by atoms with van der Waals surface area (Å²) in [5.74, 6) is 0.465. The minimum Gasteiger partial charge on any atom is -0.507 e. The van der Waals surface area contributed by atoms with Crippen molar-refractivity contribution in [3.05, 3.63) is 119 Å². The third-order valence-electron chi connectivity index (χ3n) is 7.06. The zero-order valence-corrected chi connectivity index (χ0v) is 24.4. The molecule has 0 amide bonds. The summed E-state index contributed by atoms with van der Waals surface area (Å²) in [6.07, 6.45) is 1.26. The van der Waals surface area contributed by atoms with Gasteiger partial charge in [0.1, 0.15) is 23.1 Å². The molecule has 0 atom stereocenters. The van der Waals surface area contributed by atoms with Gasteiger partial charge in [-0.1, -0.05) is 60.7 Å². The van der Waals surface area contributed by atoms with Gasteiger partial charge in [-0.15, -0.1) is 0 Å². The lowest BCUT2D eigenvalue weighted by atomic mass is 10.0. The molecule has 6 rings (SSSR count). The third kappa shape index (κ3) is 7.52. The fraction of sp³-hybridized carbons (Fsp3) is 0.194. The van der Waals surface area contributed by atoms with Crippen molar-refractivity contribution in [3.8, 4) is 11.5 Å². The molecule has 222 valence electrons. The van der Waals surface area contributed by atoms with Crippen molar-refractivity contribution in [2.75, 3.05) is 13.2 Å². The number of nitrogens with zero attached hydrogens (tertiary/aromatic N) is 2. The van der Waals surface area contributed by atoms with Crippen molar-refractivity contribution < 1.29 is 29.0 Å². The number of carbonyl (C=O) groups is 3. The highest BCUT2D eigenvalue weighted by Crippen LogP contribution is 2.30. The number of ether oxygens (including phenoxy) is 2. The molecule has 0 fully saturated rings. The number of phenolic OH excluding ortho intramolecular Hbond substituents is 1. The lowest BCUT2D eigenvalue weighted by Crippen LogP contribution is -2.16. The van der Waals surface area contributed by atoms with Gasteiger partial charge in [0.2, 0.25) is 0 Å². The van der Waals surface area contributed by atoms with E-state index in [1.807, 2.05) is 72.8 Å². The number of hydrogen-bond donors (Lipinski definition) is 1. The zero-order chi connectivity index (χ0) is 30.9. The van der Waals surface area contributed by atoms with Crippen molar-refractivity contribution in [2.24, 2.45) is 9.98 Å². The monoisotopic (exact) mass is 588 g/mol. The smallest absolute Gasteiger partial charge is 0.344 e. The van der Waals surface area contributed by atoms with Crippen LogP contribution in [-0.4, -0.2) is 47.3 Å². The number of fused-ring (bicyclic) bond motifs is 2. The number of aliphatic imine (C=N–C) groups is 2. The van der Waals surface area contributed by atoms with E-state index in [4.69, 9.17) is 9.47 Å². The zero-order valence-electron chi connectivity index (χ0n) is 24.4. The molecule has 4 aromatic carbocycles. The lowest BCUT2D eigenvalue weighted by Gasteiger charge is -2.12. The summed E-state index contributed by atoms with van der Waals surface area (Å²) >= 11 is 0. The lowest BCUT2D eigenvalue weighted by molar-refractivity contribution is -0.145. The molecule has 4 aromatic rings. The highest BCUT2D eigenvalue weighted by molar-refractivity contribution is 6.15. The van der Waals surface area contributed by atoms with Gasteiger partial charge in [0, 0.05) is 36.8 Å². The molecule has 8 nitrogen and oxygen atoms in total.